The number of halogens is 2. The molecule has 3 N–H and O–H groups in total. The van der Waals surface area contributed by atoms with Gasteiger partial charge < -0.3 is 15.5 Å². The van der Waals surface area contributed by atoms with Gasteiger partial charge in [0.25, 0.3) is 0 Å². The average molecular weight is 299 g/mol. The monoisotopic (exact) mass is 299 g/mol. The summed E-state index contributed by atoms with van der Waals surface area (Å²) in [5.74, 6) is -2.45. The van der Waals surface area contributed by atoms with Crippen molar-refractivity contribution in [1.29, 1.82) is 0 Å². The van der Waals surface area contributed by atoms with Gasteiger partial charge in [-0.15, -0.1) is 0 Å². The lowest BCUT2D eigenvalue weighted by molar-refractivity contribution is -0.144. The zero-order valence-corrected chi connectivity index (χ0v) is 11.6. The predicted molar refractivity (Wildman–Crippen MR) is 72.6 cm³/mol. The van der Waals surface area contributed by atoms with Crippen LogP contribution in [-0.4, -0.2) is 28.3 Å². The third-order valence-corrected chi connectivity index (χ3v) is 4.05. The van der Waals surface area contributed by atoms with Crippen LogP contribution in [0.4, 0.5) is 8.78 Å². The molecular formula is C15H19F2NO3. The van der Waals surface area contributed by atoms with Gasteiger partial charge in [-0.05, 0) is 31.7 Å². The molecular weight excluding hydrogens is 280 g/mol. The normalized spacial score (nSPS) is 25.8. The fourth-order valence-corrected chi connectivity index (χ4v) is 2.67. The van der Waals surface area contributed by atoms with Crippen molar-refractivity contribution in [2.45, 2.75) is 37.8 Å². The maximum absolute atomic E-state index is 13.4. The molecule has 0 aromatic heterocycles. The van der Waals surface area contributed by atoms with Gasteiger partial charge in [0.1, 0.15) is 11.6 Å². The number of nitrogens with one attached hydrogen (secondary N) is 1. The predicted octanol–water partition coefficient (Wildman–Crippen LogP) is 2.06. The molecule has 0 atom stereocenters. The van der Waals surface area contributed by atoms with Crippen molar-refractivity contribution in [2.75, 3.05) is 6.54 Å². The summed E-state index contributed by atoms with van der Waals surface area (Å²) < 4.78 is 26.2. The van der Waals surface area contributed by atoms with E-state index in [4.69, 9.17) is 5.11 Å². The maximum Gasteiger partial charge on any atom is 0.306 e. The molecule has 0 aliphatic heterocycles. The van der Waals surface area contributed by atoms with Crippen LogP contribution in [-0.2, 0) is 11.3 Å². The Bertz CT molecular complexity index is 514. The van der Waals surface area contributed by atoms with Gasteiger partial charge >= 0.3 is 5.97 Å². The highest BCUT2D eigenvalue weighted by atomic mass is 19.1. The number of carboxylic acid groups (broad SMARTS) is 1. The van der Waals surface area contributed by atoms with Gasteiger partial charge in [0.05, 0.1) is 11.5 Å². The van der Waals surface area contributed by atoms with Gasteiger partial charge in [-0.25, -0.2) is 8.78 Å². The first-order valence-electron chi connectivity index (χ1n) is 6.99. The lowest BCUT2D eigenvalue weighted by Crippen LogP contribution is -2.44. The number of rotatable bonds is 5. The number of benzene rings is 1. The van der Waals surface area contributed by atoms with E-state index in [1.807, 2.05) is 0 Å². The van der Waals surface area contributed by atoms with Crippen molar-refractivity contribution in [2.24, 2.45) is 5.92 Å². The van der Waals surface area contributed by atoms with Crippen LogP contribution < -0.4 is 5.32 Å². The molecule has 1 aliphatic rings. The first kappa shape index (κ1) is 15.9. The molecule has 0 radical (unpaired) electrons. The fraction of sp³-hybridized carbons (Fsp3) is 0.533. The minimum atomic E-state index is -0.956. The van der Waals surface area contributed by atoms with E-state index in [1.165, 1.54) is 12.1 Å². The second-order valence-corrected chi connectivity index (χ2v) is 5.68. The molecule has 116 valence electrons. The zero-order valence-electron chi connectivity index (χ0n) is 11.6. The van der Waals surface area contributed by atoms with Crippen LogP contribution in [0.5, 0.6) is 0 Å². The highest BCUT2D eigenvalue weighted by Gasteiger charge is 2.35. The molecule has 6 heteroatoms. The van der Waals surface area contributed by atoms with Crippen molar-refractivity contribution < 1.29 is 23.8 Å². The summed E-state index contributed by atoms with van der Waals surface area (Å²) in [6, 6.07) is 3.37. The van der Waals surface area contributed by atoms with Crippen LogP contribution in [0.2, 0.25) is 0 Å². The molecule has 21 heavy (non-hydrogen) atoms. The van der Waals surface area contributed by atoms with Gasteiger partial charge in [-0.1, -0.05) is 6.07 Å². The summed E-state index contributed by atoms with van der Waals surface area (Å²) in [6.45, 7) is 0.451. The molecule has 1 saturated carbocycles. The minimum absolute atomic E-state index is 0.191. The van der Waals surface area contributed by atoms with Crippen LogP contribution >= 0.6 is 0 Å². The number of carboxylic acids is 1. The first-order chi connectivity index (χ1) is 9.89. The molecule has 0 heterocycles. The standard InChI is InChI=1S/C15H19F2NO3/c16-12-2-1-11(13(17)7-12)8-18-9-15(21)5-3-10(4-6-15)14(19)20/h1-2,7,10,18,21H,3-6,8-9H2,(H,19,20). The van der Waals surface area contributed by atoms with E-state index in [0.29, 0.717) is 31.2 Å². The van der Waals surface area contributed by atoms with Crippen LogP contribution in [0.25, 0.3) is 0 Å². The summed E-state index contributed by atoms with van der Waals surface area (Å²) in [6.07, 6.45) is 1.70. The molecule has 1 fully saturated rings. The topological polar surface area (TPSA) is 69.6 Å². The summed E-state index contributed by atoms with van der Waals surface area (Å²) >= 11 is 0. The SMILES string of the molecule is O=C(O)C1CCC(O)(CNCc2ccc(F)cc2F)CC1. The van der Waals surface area contributed by atoms with E-state index in [-0.39, 0.29) is 19.0 Å². The Labute approximate surface area is 121 Å². The highest BCUT2D eigenvalue weighted by Crippen LogP contribution is 2.31. The van der Waals surface area contributed by atoms with E-state index in [1.54, 1.807) is 0 Å². The van der Waals surface area contributed by atoms with Crippen LogP contribution in [0, 0.1) is 17.6 Å². The first-order valence-corrected chi connectivity index (χ1v) is 6.99. The summed E-state index contributed by atoms with van der Waals surface area (Å²) in [7, 11) is 0. The molecule has 1 aromatic carbocycles. The Morgan fingerprint density at radius 1 is 1.33 bits per heavy atom. The number of carbonyl (C=O) groups is 1. The van der Waals surface area contributed by atoms with Gasteiger partial charge in [0, 0.05) is 24.7 Å². The lowest BCUT2D eigenvalue weighted by atomic mass is 9.79. The summed E-state index contributed by atoms with van der Waals surface area (Å²) in [4.78, 5) is 10.9. The molecule has 0 bridgehead atoms. The number of hydrogen-bond acceptors (Lipinski definition) is 3. The van der Waals surface area contributed by atoms with Crippen molar-refractivity contribution in [3.05, 3.63) is 35.4 Å². The Hall–Kier alpha value is -1.53. The molecule has 0 amide bonds. The van der Waals surface area contributed by atoms with E-state index >= 15 is 0 Å². The number of aliphatic carboxylic acids is 1. The molecule has 4 nitrogen and oxygen atoms in total. The van der Waals surface area contributed by atoms with Crippen molar-refractivity contribution in [1.82, 2.24) is 5.32 Å². The molecule has 1 aromatic rings. The van der Waals surface area contributed by atoms with E-state index in [0.717, 1.165) is 6.07 Å². The maximum atomic E-state index is 13.4. The van der Waals surface area contributed by atoms with Gasteiger partial charge in [-0.2, -0.15) is 0 Å². The lowest BCUT2D eigenvalue weighted by Gasteiger charge is -2.34. The summed E-state index contributed by atoms with van der Waals surface area (Å²) in [5, 5.41) is 22.2. The third kappa shape index (κ3) is 4.22. The number of aliphatic hydroxyl groups is 1. The molecule has 0 spiro atoms. The third-order valence-electron chi connectivity index (χ3n) is 4.05. The van der Waals surface area contributed by atoms with Gasteiger partial charge in [0.2, 0.25) is 0 Å². The van der Waals surface area contributed by atoms with Crippen LogP contribution in [0.15, 0.2) is 18.2 Å². The second kappa shape index (κ2) is 6.49. The van der Waals surface area contributed by atoms with Crippen LogP contribution in [0.3, 0.4) is 0 Å². The van der Waals surface area contributed by atoms with E-state index in [9.17, 15) is 18.7 Å². The van der Waals surface area contributed by atoms with Gasteiger partial charge in [-0.3, -0.25) is 4.79 Å². The number of hydrogen-bond donors (Lipinski definition) is 3. The average Bonchev–Trinajstić information content (AvgIpc) is 2.41. The van der Waals surface area contributed by atoms with Crippen molar-refractivity contribution >= 4 is 5.97 Å². The van der Waals surface area contributed by atoms with Crippen LogP contribution in [0.1, 0.15) is 31.2 Å². The second-order valence-electron chi connectivity index (χ2n) is 5.68. The largest absolute Gasteiger partial charge is 0.481 e. The minimum Gasteiger partial charge on any atom is -0.481 e. The molecule has 0 saturated heterocycles. The quantitative estimate of drug-likeness (QED) is 0.778. The van der Waals surface area contributed by atoms with E-state index < -0.39 is 23.2 Å². The molecule has 0 unspecified atom stereocenters. The summed E-state index contributed by atoms with van der Waals surface area (Å²) in [5.41, 5.74) is -0.623. The van der Waals surface area contributed by atoms with E-state index in [2.05, 4.69) is 5.32 Å². The Morgan fingerprint density at radius 3 is 2.57 bits per heavy atom. The molecule has 2 rings (SSSR count). The Kier molecular flexibility index (Phi) is 4.90. The smallest absolute Gasteiger partial charge is 0.306 e. The van der Waals surface area contributed by atoms with Gasteiger partial charge in [0.15, 0.2) is 0 Å². The molecule has 1 aliphatic carbocycles. The zero-order chi connectivity index (χ0) is 15.5. The fourth-order valence-electron chi connectivity index (χ4n) is 2.67. The Morgan fingerprint density at radius 2 is 2.00 bits per heavy atom. The Balaban J connectivity index is 1.82. The highest BCUT2D eigenvalue weighted by molar-refractivity contribution is 5.70. The van der Waals surface area contributed by atoms with Crippen molar-refractivity contribution in [3.63, 3.8) is 0 Å². The van der Waals surface area contributed by atoms with Crippen molar-refractivity contribution in [3.8, 4) is 0 Å².